The maximum atomic E-state index is 13.0. The Kier molecular flexibility index (Phi) is 9.52. The molecule has 13 heteroatoms. The molecule has 0 spiro atoms. The van der Waals surface area contributed by atoms with Gasteiger partial charge in [-0.1, -0.05) is 25.0 Å². The van der Waals surface area contributed by atoms with Gasteiger partial charge in [-0.05, 0) is 74.0 Å². The maximum absolute atomic E-state index is 13.0. The minimum atomic E-state index is -0.245. The lowest BCUT2D eigenvalue weighted by Crippen LogP contribution is -2.50. The highest BCUT2D eigenvalue weighted by atomic mass is 16.2. The Morgan fingerprint density at radius 1 is 0.923 bits per heavy atom. The van der Waals surface area contributed by atoms with E-state index in [-0.39, 0.29) is 29.7 Å². The number of hydrogen-bond acceptors (Lipinski definition) is 10. The summed E-state index contributed by atoms with van der Waals surface area (Å²) in [6.07, 6.45) is 10.3. The number of pyridine rings is 1. The molecule has 4 aromatic rings. The van der Waals surface area contributed by atoms with E-state index in [2.05, 4.69) is 53.1 Å². The van der Waals surface area contributed by atoms with Gasteiger partial charge in [0.25, 0.3) is 5.91 Å². The molecule has 3 amide bonds. The summed E-state index contributed by atoms with van der Waals surface area (Å²) in [6, 6.07) is 14.6. The minimum Gasteiger partial charge on any atom is -0.371 e. The summed E-state index contributed by atoms with van der Waals surface area (Å²) in [6.45, 7) is 7.15. The number of rotatable bonds is 10. The first-order valence-electron chi connectivity index (χ1n) is 18.8. The molecule has 0 radical (unpaired) electrons. The molecule has 1 atom stereocenters. The van der Waals surface area contributed by atoms with Crippen LogP contribution in [0.15, 0.2) is 54.9 Å². The number of nitrogens with zero attached hydrogens (tertiary/aromatic N) is 8. The Hall–Kier alpha value is -5.04. The van der Waals surface area contributed by atoms with Crippen LogP contribution in [0.25, 0.3) is 11.0 Å². The second kappa shape index (κ2) is 14.5. The molecule has 1 saturated carbocycles. The van der Waals surface area contributed by atoms with Crippen molar-refractivity contribution in [1.29, 1.82) is 0 Å². The molecular formula is C39H48N10O3. The molecule has 6 heterocycles. The minimum absolute atomic E-state index is 0.0179. The van der Waals surface area contributed by atoms with E-state index < -0.39 is 0 Å². The third-order valence-corrected chi connectivity index (χ3v) is 11.3. The number of carbonyl (C=O) groups is 3. The Morgan fingerprint density at radius 3 is 2.46 bits per heavy atom. The number of benzene rings is 1. The summed E-state index contributed by atoms with van der Waals surface area (Å²) in [4.78, 5) is 60.1. The molecule has 272 valence electrons. The standard InChI is InChI=1S/C39H48N10O3/c1-45(2)38(52)33-21-28-22-41-39(44-36(28)49(33)29-7-3-4-8-29)42-34-12-10-31(23-40-34)47-18-16-46(17-19-47)15-14-26-24-48(25-26)30-9-5-6-27(20-30)32-11-13-35(50)43-37(32)51/h5-6,9-10,12,20-23,26,29,32H,3-4,7-8,11,13-19,24-25H2,1-2H3,(H,43,50,51)(H,40,41,42,44). The van der Waals surface area contributed by atoms with Crippen molar-refractivity contribution in [3.05, 3.63) is 66.1 Å². The monoisotopic (exact) mass is 704 g/mol. The van der Waals surface area contributed by atoms with Crippen LogP contribution in [0.3, 0.4) is 0 Å². The van der Waals surface area contributed by atoms with Gasteiger partial charge < -0.3 is 24.6 Å². The van der Waals surface area contributed by atoms with Crippen LogP contribution in [-0.4, -0.2) is 107 Å². The van der Waals surface area contributed by atoms with Gasteiger partial charge in [0.05, 0.1) is 17.8 Å². The van der Waals surface area contributed by atoms with Crippen molar-refractivity contribution in [2.45, 2.75) is 56.9 Å². The maximum Gasteiger partial charge on any atom is 0.270 e. The highest BCUT2D eigenvalue weighted by Gasteiger charge is 2.31. The average molecular weight is 705 g/mol. The van der Waals surface area contributed by atoms with Crippen LogP contribution in [0, 0.1) is 5.92 Å². The quantitative estimate of drug-likeness (QED) is 0.227. The number of aromatic nitrogens is 4. The van der Waals surface area contributed by atoms with E-state index in [0.29, 0.717) is 36.2 Å². The van der Waals surface area contributed by atoms with Crippen LogP contribution >= 0.6 is 0 Å². The number of amides is 3. The lowest BCUT2D eigenvalue weighted by atomic mass is 9.89. The van der Waals surface area contributed by atoms with Crippen molar-refractivity contribution in [1.82, 2.24) is 34.6 Å². The Labute approximate surface area is 304 Å². The first-order valence-corrected chi connectivity index (χ1v) is 18.8. The zero-order chi connectivity index (χ0) is 35.8. The highest BCUT2D eigenvalue weighted by Crippen LogP contribution is 2.35. The summed E-state index contributed by atoms with van der Waals surface area (Å²) in [5.74, 6) is 1.20. The average Bonchev–Trinajstić information content (AvgIpc) is 3.79. The molecule has 3 aromatic heterocycles. The van der Waals surface area contributed by atoms with Gasteiger partial charge >= 0.3 is 0 Å². The van der Waals surface area contributed by atoms with E-state index in [1.807, 2.05) is 30.5 Å². The van der Waals surface area contributed by atoms with Crippen molar-refractivity contribution in [3.63, 3.8) is 0 Å². The molecule has 1 unspecified atom stereocenters. The molecule has 2 N–H and O–H groups in total. The summed E-state index contributed by atoms with van der Waals surface area (Å²) in [5.41, 5.74) is 4.72. The fourth-order valence-corrected chi connectivity index (χ4v) is 8.26. The molecule has 8 rings (SSSR count). The number of hydrogen-bond donors (Lipinski definition) is 2. The van der Waals surface area contributed by atoms with Gasteiger partial charge in [-0.25, -0.2) is 9.97 Å². The molecule has 13 nitrogen and oxygen atoms in total. The molecule has 3 saturated heterocycles. The largest absolute Gasteiger partial charge is 0.371 e. The van der Waals surface area contributed by atoms with Crippen LogP contribution in [-0.2, 0) is 9.59 Å². The summed E-state index contributed by atoms with van der Waals surface area (Å²) >= 11 is 0. The fraction of sp³-hybridized carbons (Fsp3) is 0.487. The van der Waals surface area contributed by atoms with E-state index in [0.717, 1.165) is 99.5 Å². The Balaban J connectivity index is 0.811. The van der Waals surface area contributed by atoms with Crippen molar-refractivity contribution in [2.75, 3.05) is 75.0 Å². The Morgan fingerprint density at radius 2 is 1.73 bits per heavy atom. The number of nitrogens with one attached hydrogen (secondary N) is 2. The molecule has 4 aliphatic rings. The highest BCUT2D eigenvalue weighted by molar-refractivity contribution is 6.01. The van der Waals surface area contributed by atoms with Crippen molar-refractivity contribution in [2.24, 2.45) is 5.92 Å². The number of piperidine rings is 1. The third kappa shape index (κ3) is 7.06. The van der Waals surface area contributed by atoms with Crippen LogP contribution in [0.4, 0.5) is 23.1 Å². The van der Waals surface area contributed by atoms with E-state index >= 15 is 0 Å². The second-order valence-corrected chi connectivity index (χ2v) is 15.0. The van der Waals surface area contributed by atoms with Crippen molar-refractivity contribution >= 4 is 51.9 Å². The zero-order valence-electron chi connectivity index (χ0n) is 30.1. The molecular weight excluding hydrogens is 656 g/mol. The number of piperazine rings is 1. The van der Waals surface area contributed by atoms with Gasteiger partial charge in [0.1, 0.15) is 17.2 Å². The molecule has 4 fully saturated rings. The number of carbonyl (C=O) groups excluding carboxylic acids is 3. The van der Waals surface area contributed by atoms with Gasteiger partial charge in [-0.3, -0.25) is 24.6 Å². The van der Waals surface area contributed by atoms with Gasteiger partial charge in [-0.15, -0.1) is 0 Å². The molecule has 52 heavy (non-hydrogen) atoms. The van der Waals surface area contributed by atoms with Gasteiger partial charge in [-0.2, -0.15) is 4.98 Å². The van der Waals surface area contributed by atoms with Crippen LogP contribution < -0.4 is 20.4 Å². The zero-order valence-corrected chi connectivity index (χ0v) is 30.1. The van der Waals surface area contributed by atoms with Crippen molar-refractivity contribution in [3.8, 4) is 0 Å². The number of fused-ring (bicyclic) bond motifs is 1. The molecule has 1 aliphatic carbocycles. The molecule has 1 aromatic carbocycles. The van der Waals surface area contributed by atoms with Crippen LogP contribution in [0.5, 0.6) is 0 Å². The van der Waals surface area contributed by atoms with E-state index in [4.69, 9.17) is 9.97 Å². The van der Waals surface area contributed by atoms with E-state index in [1.165, 1.54) is 6.42 Å². The Bertz CT molecular complexity index is 1940. The number of anilines is 4. The normalized spacial score (nSPS) is 20.3. The van der Waals surface area contributed by atoms with Gasteiger partial charge in [0.15, 0.2) is 0 Å². The third-order valence-electron chi connectivity index (χ3n) is 11.3. The summed E-state index contributed by atoms with van der Waals surface area (Å²) in [5, 5.41) is 6.64. The number of imide groups is 1. The van der Waals surface area contributed by atoms with Gasteiger partial charge in [0, 0.05) is 83.1 Å². The lowest BCUT2D eigenvalue weighted by Gasteiger charge is -2.43. The van der Waals surface area contributed by atoms with E-state index in [9.17, 15) is 14.4 Å². The van der Waals surface area contributed by atoms with E-state index in [1.54, 1.807) is 25.2 Å². The smallest absolute Gasteiger partial charge is 0.270 e. The summed E-state index contributed by atoms with van der Waals surface area (Å²) in [7, 11) is 3.57. The predicted molar refractivity (Wildman–Crippen MR) is 201 cm³/mol. The molecule has 0 bridgehead atoms. The summed E-state index contributed by atoms with van der Waals surface area (Å²) < 4.78 is 2.13. The first-order chi connectivity index (χ1) is 25.3. The first kappa shape index (κ1) is 34.1. The topological polar surface area (TPSA) is 132 Å². The lowest BCUT2D eigenvalue weighted by molar-refractivity contribution is -0.134. The van der Waals surface area contributed by atoms with Crippen LogP contribution in [0.1, 0.15) is 73.0 Å². The fourth-order valence-electron chi connectivity index (χ4n) is 8.26. The SMILES string of the molecule is CN(C)C(=O)c1cc2cnc(Nc3ccc(N4CCN(CCC5CN(c6cccc(C7CCC(=O)NC7=O)c6)C5)CC4)cn3)nc2n1C1CCCC1. The predicted octanol–water partition coefficient (Wildman–Crippen LogP) is 4.56. The van der Waals surface area contributed by atoms with Gasteiger partial charge in [0.2, 0.25) is 17.8 Å². The molecule has 3 aliphatic heterocycles. The second-order valence-electron chi connectivity index (χ2n) is 15.0. The van der Waals surface area contributed by atoms with Crippen molar-refractivity contribution < 1.29 is 14.4 Å². The van der Waals surface area contributed by atoms with Crippen LogP contribution in [0.2, 0.25) is 0 Å².